The second-order valence-electron chi connectivity index (χ2n) is 10.1. The Labute approximate surface area is 262 Å². The Hall–Kier alpha value is -5.44. The highest BCUT2D eigenvalue weighted by Gasteiger charge is 2.26. The third kappa shape index (κ3) is 7.38. The SMILES string of the molecule is COC(=O)Nc1ccc2c(c1)N[C@@H](C(=O)OC)CCCC[C@H](NC(=O)/C=C/c1cc(Cl)ccc1-n1cnnn1)c1nc(N)c-2[nH]1. The second kappa shape index (κ2) is 13.9. The predicted molar refractivity (Wildman–Crippen MR) is 166 cm³/mol. The number of hydrogen-bond donors (Lipinski definition) is 5. The summed E-state index contributed by atoms with van der Waals surface area (Å²) >= 11 is 6.21. The van der Waals surface area contributed by atoms with Crippen molar-refractivity contribution in [3.8, 4) is 16.9 Å². The van der Waals surface area contributed by atoms with Crippen LogP contribution in [0.15, 0.2) is 48.8 Å². The van der Waals surface area contributed by atoms with Crippen molar-refractivity contribution in [1.29, 1.82) is 0 Å². The zero-order valence-corrected chi connectivity index (χ0v) is 25.2. The van der Waals surface area contributed by atoms with Gasteiger partial charge >= 0.3 is 12.1 Å². The molecule has 1 aliphatic heterocycles. The molecule has 6 N–H and O–H groups in total. The highest BCUT2D eigenvalue weighted by atomic mass is 35.5. The maximum atomic E-state index is 13.2. The highest BCUT2D eigenvalue weighted by molar-refractivity contribution is 6.30. The first-order chi connectivity index (χ1) is 21.7. The second-order valence-corrected chi connectivity index (χ2v) is 10.6. The smallest absolute Gasteiger partial charge is 0.411 e. The summed E-state index contributed by atoms with van der Waals surface area (Å²) < 4.78 is 11.2. The van der Waals surface area contributed by atoms with Gasteiger partial charge in [0.2, 0.25) is 5.91 Å². The lowest BCUT2D eigenvalue weighted by molar-refractivity contribution is -0.141. The van der Waals surface area contributed by atoms with Crippen LogP contribution in [0.25, 0.3) is 23.0 Å². The standard InChI is InChI=1S/C29H31ClN10O5/c1-44-28(42)21-6-4-3-5-20(35-24(41)12-7-16-13-17(30)8-11-23(16)40-15-32-38-39-40)27-36-25(26(31)37-27)19-10-9-18(14-22(19)34-21)33-29(43)45-2/h7-15,20-21,34H,3-6,31H2,1-2H3,(H,33,43)(H,35,41)(H,36,37)/b12-7+/t20-,21+/m0/s1. The zero-order chi connectivity index (χ0) is 31.9. The number of rotatable bonds is 6. The van der Waals surface area contributed by atoms with Crippen molar-refractivity contribution in [3.63, 3.8) is 0 Å². The summed E-state index contributed by atoms with van der Waals surface area (Å²) in [7, 11) is 2.58. The van der Waals surface area contributed by atoms with Gasteiger partial charge in [0.05, 0.1) is 31.6 Å². The molecule has 0 saturated heterocycles. The van der Waals surface area contributed by atoms with Crippen LogP contribution in [0.2, 0.25) is 5.02 Å². The number of imidazole rings is 1. The molecule has 0 saturated carbocycles. The fraction of sp³-hybridized carbons (Fsp3) is 0.276. The lowest BCUT2D eigenvalue weighted by atomic mass is 10.0. The number of esters is 1. The molecule has 2 bridgehead atoms. The summed E-state index contributed by atoms with van der Waals surface area (Å²) in [6, 6.07) is 9.00. The summed E-state index contributed by atoms with van der Waals surface area (Å²) in [5.41, 5.74) is 9.66. The number of H-pyrrole nitrogens is 1. The first kappa shape index (κ1) is 31.0. The number of anilines is 3. The normalized spacial score (nSPS) is 16.4. The number of nitrogens with two attached hydrogens (primary N) is 1. The van der Waals surface area contributed by atoms with E-state index in [2.05, 4.69) is 41.4 Å². The minimum Gasteiger partial charge on any atom is -0.467 e. The zero-order valence-electron chi connectivity index (χ0n) is 24.4. The predicted octanol–water partition coefficient (Wildman–Crippen LogP) is 3.86. The van der Waals surface area contributed by atoms with Crippen molar-refractivity contribution in [2.45, 2.75) is 37.8 Å². The number of nitrogens with one attached hydrogen (secondary N) is 4. The van der Waals surface area contributed by atoms with Crippen LogP contribution in [0.3, 0.4) is 0 Å². The van der Waals surface area contributed by atoms with Crippen LogP contribution in [0.1, 0.15) is 43.1 Å². The number of amides is 2. The molecule has 2 aromatic heterocycles. The molecule has 2 amide bonds. The molecule has 2 aromatic carbocycles. The number of aromatic nitrogens is 6. The van der Waals surface area contributed by atoms with Crippen molar-refractivity contribution in [1.82, 2.24) is 35.5 Å². The summed E-state index contributed by atoms with van der Waals surface area (Å²) in [6.07, 6.45) is 6.06. The van der Waals surface area contributed by atoms with Gasteiger partial charge in [0.25, 0.3) is 0 Å². The van der Waals surface area contributed by atoms with E-state index in [1.165, 1.54) is 31.3 Å². The van der Waals surface area contributed by atoms with Crippen molar-refractivity contribution in [2.75, 3.05) is 30.6 Å². The van der Waals surface area contributed by atoms with E-state index >= 15 is 0 Å². The number of fused-ring (bicyclic) bond motifs is 4. The number of benzene rings is 2. The van der Waals surface area contributed by atoms with Crippen LogP contribution in [0.4, 0.5) is 22.0 Å². The average molecular weight is 635 g/mol. The van der Waals surface area contributed by atoms with E-state index in [1.807, 2.05) is 0 Å². The van der Waals surface area contributed by atoms with Gasteiger partial charge in [0.15, 0.2) is 0 Å². The van der Waals surface area contributed by atoms with Gasteiger partial charge in [-0.15, -0.1) is 5.10 Å². The maximum Gasteiger partial charge on any atom is 0.411 e. The summed E-state index contributed by atoms with van der Waals surface area (Å²) in [4.78, 5) is 45.6. The highest BCUT2D eigenvalue weighted by Crippen LogP contribution is 2.36. The number of nitrogen functional groups attached to an aromatic ring is 1. The fourth-order valence-corrected chi connectivity index (χ4v) is 5.16. The number of tetrazole rings is 1. The average Bonchev–Trinajstić information content (AvgIpc) is 3.70. The van der Waals surface area contributed by atoms with E-state index in [-0.39, 0.29) is 11.7 Å². The molecule has 0 unspecified atom stereocenters. The Bertz CT molecular complexity index is 1720. The van der Waals surface area contributed by atoms with E-state index in [4.69, 9.17) is 26.8 Å². The third-order valence-electron chi connectivity index (χ3n) is 7.17. The van der Waals surface area contributed by atoms with E-state index in [0.717, 1.165) is 0 Å². The number of nitrogens with zero attached hydrogens (tertiary/aromatic N) is 5. The Kier molecular flexibility index (Phi) is 9.57. The monoisotopic (exact) mass is 634 g/mol. The quantitative estimate of drug-likeness (QED) is 0.152. The number of methoxy groups -OCH3 is 2. The van der Waals surface area contributed by atoms with Crippen LogP contribution < -0.4 is 21.7 Å². The van der Waals surface area contributed by atoms with Gasteiger partial charge in [0.1, 0.15) is 24.0 Å². The molecule has 2 atom stereocenters. The Morgan fingerprint density at radius 3 is 2.69 bits per heavy atom. The van der Waals surface area contributed by atoms with Crippen molar-refractivity contribution in [2.24, 2.45) is 0 Å². The molecular formula is C29H31ClN10O5. The van der Waals surface area contributed by atoms with Gasteiger partial charge in [-0.2, -0.15) is 4.68 Å². The summed E-state index contributed by atoms with van der Waals surface area (Å²) in [5, 5.41) is 20.6. The number of halogens is 1. The Morgan fingerprint density at radius 1 is 1.11 bits per heavy atom. The van der Waals surface area contributed by atoms with Crippen molar-refractivity contribution >= 4 is 52.8 Å². The van der Waals surface area contributed by atoms with Gasteiger partial charge in [-0.25, -0.2) is 14.6 Å². The molecule has 1 aliphatic rings. The van der Waals surface area contributed by atoms with E-state index < -0.39 is 24.1 Å². The molecule has 16 heteroatoms. The maximum absolute atomic E-state index is 13.2. The molecule has 45 heavy (non-hydrogen) atoms. The molecule has 5 rings (SSSR count). The fourth-order valence-electron chi connectivity index (χ4n) is 4.98. The third-order valence-corrected chi connectivity index (χ3v) is 7.40. The number of carbonyl (C=O) groups is 3. The lowest BCUT2D eigenvalue weighted by Gasteiger charge is -2.22. The van der Waals surface area contributed by atoms with E-state index in [9.17, 15) is 14.4 Å². The molecule has 3 heterocycles. The number of hydrogen-bond acceptors (Lipinski definition) is 11. The summed E-state index contributed by atoms with van der Waals surface area (Å²) in [5.74, 6) is -0.163. The number of carbonyl (C=O) groups excluding carboxylic acids is 3. The van der Waals surface area contributed by atoms with Gasteiger partial charge in [-0.1, -0.05) is 24.4 Å². The minimum atomic E-state index is -0.687. The largest absolute Gasteiger partial charge is 0.467 e. The minimum absolute atomic E-state index is 0.190. The Balaban J connectivity index is 1.45. The lowest BCUT2D eigenvalue weighted by Crippen LogP contribution is -2.31. The molecule has 4 aromatic rings. The van der Waals surface area contributed by atoms with Gasteiger partial charge in [-0.3, -0.25) is 10.1 Å². The molecule has 0 radical (unpaired) electrons. The van der Waals surface area contributed by atoms with Crippen LogP contribution in [-0.4, -0.2) is 68.4 Å². The van der Waals surface area contributed by atoms with Crippen LogP contribution in [-0.2, 0) is 19.1 Å². The molecule has 0 aliphatic carbocycles. The molecular weight excluding hydrogens is 604 g/mol. The van der Waals surface area contributed by atoms with Crippen molar-refractivity contribution in [3.05, 3.63) is 65.2 Å². The van der Waals surface area contributed by atoms with Crippen LogP contribution >= 0.6 is 11.6 Å². The van der Waals surface area contributed by atoms with Crippen molar-refractivity contribution < 1.29 is 23.9 Å². The van der Waals surface area contributed by atoms with Crippen LogP contribution in [0.5, 0.6) is 0 Å². The molecule has 0 fully saturated rings. The summed E-state index contributed by atoms with van der Waals surface area (Å²) in [6.45, 7) is 0. The van der Waals surface area contributed by atoms with Gasteiger partial charge in [0, 0.05) is 33.6 Å². The number of ether oxygens (including phenoxy) is 2. The van der Waals surface area contributed by atoms with Crippen LogP contribution in [0, 0.1) is 0 Å². The first-order valence-electron chi connectivity index (χ1n) is 14.0. The Morgan fingerprint density at radius 2 is 1.93 bits per heavy atom. The number of aromatic amines is 1. The topological polar surface area (TPSA) is 204 Å². The first-order valence-corrected chi connectivity index (χ1v) is 14.3. The van der Waals surface area contributed by atoms with E-state index in [1.54, 1.807) is 42.5 Å². The van der Waals surface area contributed by atoms with Gasteiger partial charge < -0.3 is 30.8 Å². The van der Waals surface area contributed by atoms with Gasteiger partial charge in [-0.05, 0) is 65.7 Å². The molecule has 0 spiro atoms. The molecule has 15 nitrogen and oxygen atoms in total. The molecule has 234 valence electrons. The van der Waals surface area contributed by atoms with E-state index in [0.29, 0.717) is 70.4 Å².